The Kier molecular flexibility index (Phi) is 4.23. The van der Waals surface area contributed by atoms with E-state index in [2.05, 4.69) is 15.2 Å². The number of aromatic nitrogens is 1. The highest BCUT2D eigenvalue weighted by atomic mass is 16.2. The number of pyridine rings is 1. The molecule has 0 unspecified atom stereocenters. The molecule has 2 N–H and O–H groups in total. The van der Waals surface area contributed by atoms with Crippen LogP contribution in [0.15, 0.2) is 47.4 Å². The number of carbonyl (C=O) groups is 1. The van der Waals surface area contributed by atoms with E-state index < -0.39 is 0 Å². The van der Waals surface area contributed by atoms with Crippen molar-refractivity contribution in [1.29, 1.82) is 0 Å². The van der Waals surface area contributed by atoms with E-state index in [1.807, 2.05) is 24.3 Å². The molecule has 1 saturated heterocycles. The molecule has 1 fully saturated rings. The number of rotatable bonds is 3. The molecule has 2 heterocycles. The number of anilines is 2. The third-order valence-corrected chi connectivity index (χ3v) is 3.88. The first-order chi connectivity index (χ1) is 10.7. The molecular formula is C17H19N3O2. The van der Waals surface area contributed by atoms with E-state index >= 15 is 0 Å². The lowest BCUT2D eigenvalue weighted by molar-refractivity contribution is 0.102. The summed E-state index contributed by atoms with van der Waals surface area (Å²) in [6.07, 6.45) is 5.25. The van der Waals surface area contributed by atoms with Crippen molar-refractivity contribution >= 4 is 17.3 Å². The average Bonchev–Trinajstić information content (AvgIpc) is 2.56. The van der Waals surface area contributed by atoms with Crippen molar-refractivity contribution < 1.29 is 4.79 Å². The van der Waals surface area contributed by atoms with Gasteiger partial charge >= 0.3 is 0 Å². The molecule has 5 heteroatoms. The van der Waals surface area contributed by atoms with Gasteiger partial charge in [-0.15, -0.1) is 0 Å². The molecule has 0 bridgehead atoms. The van der Waals surface area contributed by atoms with Crippen LogP contribution in [0.5, 0.6) is 0 Å². The van der Waals surface area contributed by atoms with Crippen molar-refractivity contribution in [3.05, 3.63) is 58.5 Å². The number of hydrogen-bond donors (Lipinski definition) is 2. The minimum Gasteiger partial charge on any atom is -0.372 e. The van der Waals surface area contributed by atoms with Gasteiger partial charge in [0.2, 0.25) is 5.56 Å². The predicted octanol–water partition coefficient (Wildman–Crippen LogP) is 2.62. The van der Waals surface area contributed by atoms with Crippen LogP contribution in [0.3, 0.4) is 0 Å². The van der Waals surface area contributed by atoms with Gasteiger partial charge in [0.25, 0.3) is 5.91 Å². The maximum absolute atomic E-state index is 12.1. The Hall–Kier alpha value is -2.56. The molecule has 1 aliphatic heterocycles. The van der Waals surface area contributed by atoms with E-state index in [4.69, 9.17) is 0 Å². The molecule has 3 rings (SSSR count). The largest absolute Gasteiger partial charge is 0.372 e. The maximum atomic E-state index is 12.1. The maximum Gasteiger partial charge on any atom is 0.255 e. The van der Waals surface area contributed by atoms with Gasteiger partial charge in [-0.05, 0) is 49.6 Å². The van der Waals surface area contributed by atoms with Gasteiger partial charge in [-0.1, -0.05) is 0 Å². The first-order valence-electron chi connectivity index (χ1n) is 7.57. The van der Waals surface area contributed by atoms with Crippen LogP contribution >= 0.6 is 0 Å². The fraction of sp³-hybridized carbons (Fsp3) is 0.294. The highest BCUT2D eigenvalue weighted by Gasteiger charge is 2.11. The van der Waals surface area contributed by atoms with Gasteiger partial charge in [-0.25, -0.2) is 0 Å². The summed E-state index contributed by atoms with van der Waals surface area (Å²) >= 11 is 0. The lowest BCUT2D eigenvalue weighted by Crippen LogP contribution is -2.29. The van der Waals surface area contributed by atoms with Gasteiger partial charge < -0.3 is 15.2 Å². The van der Waals surface area contributed by atoms with Gasteiger partial charge in [-0.2, -0.15) is 0 Å². The van der Waals surface area contributed by atoms with Crippen LogP contribution in [0.25, 0.3) is 0 Å². The van der Waals surface area contributed by atoms with Gasteiger partial charge in [0.05, 0.1) is 0 Å². The summed E-state index contributed by atoms with van der Waals surface area (Å²) in [7, 11) is 0. The molecular weight excluding hydrogens is 278 g/mol. The summed E-state index contributed by atoms with van der Waals surface area (Å²) in [5.74, 6) is -0.281. The smallest absolute Gasteiger partial charge is 0.255 e. The normalized spacial score (nSPS) is 14.6. The Morgan fingerprint density at radius 2 is 1.77 bits per heavy atom. The van der Waals surface area contributed by atoms with Crippen LogP contribution < -0.4 is 15.8 Å². The molecule has 1 aromatic carbocycles. The minimum absolute atomic E-state index is 0.281. The number of nitrogens with one attached hydrogen (secondary N) is 2. The molecule has 114 valence electrons. The van der Waals surface area contributed by atoms with E-state index in [1.54, 1.807) is 6.07 Å². The Balaban J connectivity index is 1.68. The predicted molar refractivity (Wildman–Crippen MR) is 87.5 cm³/mol. The summed E-state index contributed by atoms with van der Waals surface area (Å²) in [6.45, 7) is 2.19. The molecule has 0 saturated carbocycles. The standard InChI is InChI=1S/C17H19N3O2/c21-16-12-13(8-9-18-16)17(22)19-14-4-6-15(7-5-14)20-10-2-1-3-11-20/h4-9,12H,1-3,10-11H2,(H,18,21)(H,19,22). The summed E-state index contributed by atoms with van der Waals surface area (Å²) in [4.78, 5) is 28.2. The third kappa shape index (κ3) is 3.36. The Labute approximate surface area is 129 Å². The van der Waals surface area contributed by atoms with E-state index in [0.29, 0.717) is 5.56 Å². The van der Waals surface area contributed by atoms with Crippen molar-refractivity contribution in [1.82, 2.24) is 4.98 Å². The fourth-order valence-electron chi connectivity index (χ4n) is 2.70. The second kappa shape index (κ2) is 6.47. The first-order valence-corrected chi connectivity index (χ1v) is 7.57. The topological polar surface area (TPSA) is 65.2 Å². The van der Waals surface area contributed by atoms with Crippen molar-refractivity contribution in [3.8, 4) is 0 Å². The van der Waals surface area contributed by atoms with E-state index in [9.17, 15) is 9.59 Å². The number of nitrogens with zero attached hydrogens (tertiary/aromatic N) is 1. The number of H-pyrrole nitrogens is 1. The summed E-state index contributed by atoms with van der Waals surface area (Å²) < 4.78 is 0. The molecule has 0 spiro atoms. The number of hydrogen-bond acceptors (Lipinski definition) is 3. The van der Waals surface area contributed by atoms with Crippen LogP contribution in [-0.4, -0.2) is 24.0 Å². The van der Waals surface area contributed by atoms with E-state index in [-0.39, 0.29) is 11.5 Å². The number of amides is 1. The average molecular weight is 297 g/mol. The number of aromatic amines is 1. The third-order valence-electron chi connectivity index (χ3n) is 3.88. The van der Waals surface area contributed by atoms with Crippen LogP contribution in [0.4, 0.5) is 11.4 Å². The second-order valence-electron chi connectivity index (χ2n) is 5.49. The fourth-order valence-corrected chi connectivity index (χ4v) is 2.70. The van der Waals surface area contributed by atoms with Crippen LogP contribution in [0.1, 0.15) is 29.6 Å². The number of piperidine rings is 1. The SMILES string of the molecule is O=C(Nc1ccc(N2CCCCC2)cc1)c1cc[nH]c(=O)c1. The summed E-state index contributed by atoms with van der Waals surface area (Å²) in [5, 5.41) is 2.81. The molecule has 1 aliphatic rings. The van der Waals surface area contributed by atoms with Crippen LogP contribution in [0, 0.1) is 0 Å². The molecule has 2 aromatic rings. The Morgan fingerprint density at radius 1 is 1.05 bits per heavy atom. The number of benzene rings is 1. The zero-order chi connectivity index (χ0) is 15.4. The molecule has 1 aromatic heterocycles. The highest BCUT2D eigenvalue weighted by Crippen LogP contribution is 2.22. The molecule has 5 nitrogen and oxygen atoms in total. The molecule has 0 radical (unpaired) electrons. The van der Waals surface area contributed by atoms with E-state index in [1.165, 1.54) is 37.2 Å². The van der Waals surface area contributed by atoms with Crippen LogP contribution in [0.2, 0.25) is 0 Å². The molecule has 1 amide bonds. The van der Waals surface area contributed by atoms with Gasteiger partial charge in [0, 0.05) is 42.3 Å². The minimum atomic E-state index is -0.284. The molecule has 0 aliphatic carbocycles. The number of carbonyl (C=O) groups excluding carboxylic acids is 1. The van der Waals surface area contributed by atoms with Gasteiger partial charge in [0.15, 0.2) is 0 Å². The zero-order valence-corrected chi connectivity index (χ0v) is 12.3. The highest BCUT2D eigenvalue weighted by molar-refractivity contribution is 6.04. The Bertz CT molecular complexity index is 700. The lowest BCUT2D eigenvalue weighted by atomic mass is 10.1. The van der Waals surface area contributed by atoms with Crippen molar-refractivity contribution in [2.75, 3.05) is 23.3 Å². The molecule has 22 heavy (non-hydrogen) atoms. The van der Waals surface area contributed by atoms with Crippen molar-refractivity contribution in [2.24, 2.45) is 0 Å². The summed E-state index contributed by atoms with van der Waals surface area (Å²) in [6, 6.07) is 10.7. The van der Waals surface area contributed by atoms with E-state index in [0.717, 1.165) is 18.8 Å². The first kappa shape index (κ1) is 14.4. The lowest BCUT2D eigenvalue weighted by Gasteiger charge is -2.28. The summed E-state index contributed by atoms with van der Waals surface area (Å²) in [5.41, 5.74) is 1.98. The van der Waals surface area contributed by atoms with Gasteiger partial charge in [-0.3, -0.25) is 9.59 Å². The monoisotopic (exact) mass is 297 g/mol. The van der Waals surface area contributed by atoms with Gasteiger partial charge in [0.1, 0.15) is 0 Å². The van der Waals surface area contributed by atoms with Crippen molar-refractivity contribution in [3.63, 3.8) is 0 Å². The molecule has 0 atom stereocenters. The van der Waals surface area contributed by atoms with Crippen LogP contribution in [-0.2, 0) is 0 Å². The quantitative estimate of drug-likeness (QED) is 0.915. The zero-order valence-electron chi connectivity index (χ0n) is 12.3. The van der Waals surface area contributed by atoms with Crippen molar-refractivity contribution in [2.45, 2.75) is 19.3 Å². The Morgan fingerprint density at radius 3 is 2.45 bits per heavy atom. The second-order valence-corrected chi connectivity index (χ2v) is 5.49.